The lowest BCUT2D eigenvalue weighted by molar-refractivity contribution is 0.126. The summed E-state index contributed by atoms with van der Waals surface area (Å²) in [6.45, 7) is 5.31. The molecule has 0 spiro atoms. The summed E-state index contributed by atoms with van der Waals surface area (Å²) in [7, 11) is 0. The van der Waals surface area contributed by atoms with Gasteiger partial charge in [0, 0.05) is 28.3 Å². The fraction of sp³-hybridized carbons (Fsp3) is 0.647. The largest absolute Gasteiger partial charge is 0.393 e. The Bertz CT molecular complexity index is 494. The minimum absolute atomic E-state index is 0.102. The summed E-state index contributed by atoms with van der Waals surface area (Å²) in [6, 6.07) is 8.13. The van der Waals surface area contributed by atoms with Gasteiger partial charge < -0.3 is 15.3 Å². The molecule has 3 rings (SSSR count). The van der Waals surface area contributed by atoms with Crippen LogP contribution in [0.2, 0.25) is 0 Å². The first kappa shape index (κ1) is 15.3. The minimum atomic E-state index is -0.102. The molecule has 0 aromatic heterocycles. The van der Waals surface area contributed by atoms with Crippen LogP contribution in [0.1, 0.15) is 51.1 Å². The van der Waals surface area contributed by atoms with Gasteiger partial charge in [0.25, 0.3) is 0 Å². The van der Waals surface area contributed by atoms with Crippen molar-refractivity contribution in [1.82, 2.24) is 5.32 Å². The van der Waals surface area contributed by atoms with E-state index in [1.54, 1.807) is 0 Å². The number of nitrogens with one attached hydrogen (secondary N) is 1. The average Bonchev–Trinajstić information content (AvgIpc) is 2.71. The van der Waals surface area contributed by atoms with Crippen LogP contribution in [0.15, 0.2) is 22.7 Å². The van der Waals surface area contributed by atoms with Crippen molar-refractivity contribution in [3.63, 3.8) is 0 Å². The number of anilines is 1. The molecule has 3 nitrogen and oxygen atoms in total. The van der Waals surface area contributed by atoms with Gasteiger partial charge in [0.2, 0.25) is 0 Å². The molecule has 3 atom stereocenters. The van der Waals surface area contributed by atoms with E-state index in [4.69, 9.17) is 0 Å². The lowest BCUT2D eigenvalue weighted by Crippen LogP contribution is -2.44. The highest BCUT2D eigenvalue weighted by Gasteiger charge is 2.40. The van der Waals surface area contributed by atoms with E-state index < -0.39 is 0 Å². The van der Waals surface area contributed by atoms with Gasteiger partial charge in [-0.25, -0.2) is 0 Å². The number of fused-ring (bicyclic) bond motifs is 2. The second-order valence-corrected chi connectivity index (χ2v) is 7.26. The number of nitrogens with zero attached hydrogens (tertiary/aromatic N) is 1. The zero-order chi connectivity index (χ0) is 15.0. The molecule has 2 fully saturated rings. The first-order chi connectivity index (χ1) is 10.1. The third kappa shape index (κ3) is 2.99. The van der Waals surface area contributed by atoms with E-state index in [-0.39, 0.29) is 6.10 Å². The molecular weight excluding hydrogens is 328 g/mol. The number of aliphatic hydroxyl groups excluding tert-OH is 1. The molecular formula is C17H25BrN2O. The first-order valence-electron chi connectivity index (χ1n) is 8.09. The van der Waals surface area contributed by atoms with Crippen LogP contribution in [0.3, 0.4) is 0 Å². The zero-order valence-electron chi connectivity index (χ0n) is 12.8. The second-order valence-electron chi connectivity index (χ2n) is 6.40. The molecule has 116 valence electrons. The van der Waals surface area contributed by atoms with Crippen LogP contribution >= 0.6 is 15.9 Å². The molecule has 3 unspecified atom stereocenters. The molecule has 0 saturated carbocycles. The van der Waals surface area contributed by atoms with E-state index in [0.29, 0.717) is 18.1 Å². The van der Waals surface area contributed by atoms with Crippen LogP contribution in [0.25, 0.3) is 0 Å². The molecule has 21 heavy (non-hydrogen) atoms. The summed E-state index contributed by atoms with van der Waals surface area (Å²) in [4.78, 5) is 2.54. The van der Waals surface area contributed by atoms with Crippen molar-refractivity contribution >= 4 is 21.6 Å². The quantitative estimate of drug-likeness (QED) is 0.868. The van der Waals surface area contributed by atoms with Crippen molar-refractivity contribution in [3.8, 4) is 0 Å². The minimum Gasteiger partial charge on any atom is -0.393 e. The molecule has 2 saturated heterocycles. The highest BCUT2D eigenvalue weighted by molar-refractivity contribution is 9.10. The van der Waals surface area contributed by atoms with Crippen LogP contribution in [-0.2, 0) is 0 Å². The summed E-state index contributed by atoms with van der Waals surface area (Å²) in [6.07, 6.45) is 4.17. The Balaban J connectivity index is 1.83. The van der Waals surface area contributed by atoms with Crippen molar-refractivity contribution in [2.75, 3.05) is 11.4 Å². The van der Waals surface area contributed by atoms with Crippen LogP contribution < -0.4 is 10.2 Å². The highest BCUT2D eigenvalue weighted by atomic mass is 79.9. The lowest BCUT2D eigenvalue weighted by atomic mass is 9.98. The Morgan fingerprint density at radius 2 is 2.00 bits per heavy atom. The topological polar surface area (TPSA) is 35.5 Å². The van der Waals surface area contributed by atoms with Crippen molar-refractivity contribution in [3.05, 3.63) is 28.2 Å². The number of rotatable bonds is 4. The van der Waals surface area contributed by atoms with Gasteiger partial charge in [0.1, 0.15) is 0 Å². The molecule has 2 N–H and O–H groups in total. The van der Waals surface area contributed by atoms with E-state index in [0.717, 1.165) is 19.4 Å². The number of benzene rings is 1. The predicted octanol–water partition coefficient (Wildman–Crippen LogP) is 3.61. The van der Waals surface area contributed by atoms with Gasteiger partial charge in [-0.15, -0.1) is 0 Å². The SMILES string of the molecule is CCNC(C)c1ccc(N2C3CCC2CC(O)C3)cc1Br. The number of halogens is 1. The maximum absolute atomic E-state index is 9.94. The normalized spacial score (nSPS) is 29.7. The molecule has 2 aliphatic heterocycles. The van der Waals surface area contributed by atoms with Crippen molar-refractivity contribution in [1.29, 1.82) is 0 Å². The Morgan fingerprint density at radius 1 is 1.33 bits per heavy atom. The van der Waals surface area contributed by atoms with E-state index in [1.165, 1.54) is 28.6 Å². The summed E-state index contributed by atoms with van der Waals surface area (Å²) in [5, 5.41) is 13.4. The third-order valence-corrected chi connectivity index (χ3v) is 5.65. The Kier molecular flexibility index (Phi) is 4.57. The van der Waals surface area contributed by atoms with Crippen molar-refractivity contribution in [2.45, 2.75) is 63.8 Å². The van der Waals surface area contributed by atoms with Crippen LogP contribution in [-0.4, -0.2) is 29.8 Å². The van der Waals surface area contributed by atoms with E-state index in [1.807, 2.05) is 0 Å². The van der Waals surface area contributed by atoms with E-state index >= 15 is 0 Å². The van der Waals surface area contributed by atoms with Gasteiger partial charge in [0.05, 0.1) is 6.10 Å². The summed E-state index contributed by atoms with van der Waals surface area (Å²) < 4.78 is 1.18. The third-order valence-electron chi connectivity index (χ3n) is 4.97. The summed E-state index contributed by atoms with van der Waals surface area (Å²) in [5.74, 6) is 0. The molecule has 0 aliphatic carbocycles. The molecule has 1 aromatic carbocycles. The van der Waals surface area contributed by atoms with Crippen LogP contribution in [0.4, 0.5) is 5.69 Å². The number of hydrogen-bond acceptors (Lipinski definition) is 3. The van der Waals surface area contributed by atoms with Gasteiger partial charge in [-0.3, -0.25) is 0 Å². The molecule has 2 bridgehead atoms. The van der Waals surface area contributed by atoms with Crippen molar-refractivity contribution < 1.29 is 5.11 Å². The van der Waals surface area contributed by atoms with Gasteiger partial charge in [0.15, 0.2) is 0 Å². The number of aliphatic hydroxyl groups is 1. The molecule has 2 aliphatic rings. The van der Waals surface area contributed by atoms with Crippen LogP contribution in [0, 0.1) is 0 Å². The predicted molar refractivity (Wildman–Crippen MR) is 90.8 cm³/mol. The second kappa shape index (κ2) is 6.27. The maximum atomic E-state index is 9.94. The van der Waals surface area contributed by atoms with Gasteiger partial charge >= 0.3 is 0 Å². The van der Waals surface area contributed by atoms with E-state index in [9.17, 15) is 5.11 Å². The fourth-order valence-electron chi connectivity index (χ4n) is 4.01. The smallest absolute Gasteiger partial charge is 0.0579 e. The maximum Gasteiger partial charge on any atom is 0.0579 e. The van der Waals surface area contributed by atoms with Crippen LogP contribution in [0.5, 0.6) is 0 Å². The standard InChI is InChI=1S/C17H25BrN2O/c1-3-19-11(2)16-7-6-14(10-17(16)18)20-12-4-5-13(20)9-15(21)8-12/h6-7,10-13,15,19,21H,3-5,8-9H2,1-2H3. The highest BCUT2D eigenvalue weighted by Crippen LogP contribution is 2.40. The van der Waals surface area contributed by atoms with Gasteiger partial charge in [-0.1, -0.05) is 28.9 Å². The summed E-state index contributed by atoms with van der Waals surface area (Å²) >= 11 is 3.74. The molecule has 4 heteroatoms. The molecule has 2 heterocycles. The van der Waals surface area contributed by atoms with Gasteiger partial charge in [-0.2, -0.15) is 0 Å². The number of piperidine rings is 1. The average molecular weight is 353 g/mol. The molecule has 0 amide bonds. The molecule has 1 aromatic rings. The Hall–Kier alpha value is -0.580. The monoisotopic (exact) mass is 352 g/mol. The Labute approximate surface area is 135 Å². The summed E-state index contributed by atoms with van der Waals surface area (Å²) in [5.41, 5.74) is 2.61. The first-order valence-corrected chi connectivity index (χ1v) is 8.88. The zero-order valence-corrected chi connectivity index (χ0v) is 14.4. The van der Waals surface area contributed by atoms with E-state index in [2.05, 4.69) is 58.2 Å². The Morgan fingerprint density at radius 3 is 2.57 bits per heavy atom. The number of hydrogen-bond donors (Lipinski definition) is 2. The molecule has 0 radical (unpaired) electrons. The lowest BCUT2D eigenvalue weighted by Gasteiger charge is -2.39. The van der Waals surface area contributed by atoms with Gasteiger partial charge in [-0.05, 0) is 56.8 Å². The van der Waals surface area contributed by atoms with Crippen molar-refractivity contribution in [2.24, 2.45) is 0 Å². The fourth-order valence-corrected chi connectivity index (χ4v) is 4.72.